The predicted molar refractivity (Wildman–Crippen MR) is 119 cm³/mol. The second-order valence-electron chi connectivity index (χ2n) is 9.54. The molecule has 0 aliphatic heterocycles. The van der Waals surface area contributed by atoms with Crippen molar-refractivity contribution in [3.05, 3.63) is 27.8 Å². The summed E-state index contributed by atoms with van der Waals surface area (Å²) in [7, 11) is 4.77. The van der Waals surface area contributed by atoms with Crippen molar-refractivity contribution >= 4 is 40.6 Å². The molecule has 11 heteroatoms. The maximum Gasteiger partial charge on any atom is 0.235 e. The standard InChI is InChI=1S/C23H26ClN3O7/c1-26-7-9-6-12(28)14-10(16(9)24)4-8-5-11-17(27(2)3)19(30)15(22(25)33)21(32)23(11,34)20(31)13(8)18(14)29/h6,8,11,13,15,17,26,28,34H,4-5,7H2,1-3H3,(H2,25,33)/t8-,11-,13?,15?,17-,23-/m0/s1. The molecule has 0 heterocycles. The van der Waals surface area contributed by atoms with Crippen LogP contribution >= 0.6 is 11.6 Å². The van der Waals surface area contributed by atoms with Gasteiger partial charge in [0.1, 0.15) is 5.75 Å². The van der Waals surface area contributed by atoms with Crippen molar-refractivity contribution in [1.82, 2.24) is 10.2 Å². The molecule has 34 heavy (non-hydrogen) atoms. The van der Waals surface area contributed by atoms with Crippen LogP contribution in [0.4, 0.5) is 0 Å². The molecule has 0 spiro atoms. The minimum absolute atomic E-state index is 0.0166. The summed E-state index contributed by atoms with van der Waals surface area (Å²) in [4.78, 5) is 66.8. The highest BCUT2D eigenvalue weighted by molar-refractivity contribution is 6.34. The first-order chi connectivity index (χ1) is 15.9. The van der Waals surface area contributed by atoms with Gasteiger partial charge >= 0.3 is 0 Å². The van der Waals surface area contributed by atoms with E-state index in [1.807, 2.05) is 0 Å². The number of likely N-dealkylation sites (N-methyl/N-ethyl adjacent to an activating group) is 1. The van der Waals surface area contributed by atoms with Crippen molar-refractivity contribution in [3.8, 4) is 5.75 Å². The topological polar surface area (TPSA) is 167 Å². The summed E-state index contributed by atoms with van der Waals surface area (Å²) in [5.74, 6) is -10.8. The number of Topliss-reactive ketones (excluding diaryl/α,β-unsaturated/α-hetero) is 4. The van der Waals surface area contributed by atoms with Gasteiger partial charge in [0.15, 0.2) is 34.7 Å². The molecule has 1 amide bonds. The van der Waals surface area contributed by atoms with Crippen molar-refractivity contribution in [2.24, 2.45) is 29.4 Å². The van der Waals surface area contributed by atoms with Crippen LogP contribution in [0.15, 0.2) is 6.07 Å². The number of fused-ring (bicyclic) bond motifs is 3. The molecule has 5 N–H and O–H groups in total. The summed E-state index contributed by atoms with van der Waals surface area (Å²) in [5, 5.41) is 25.3. The number of rotatable bonds is 4. The largest absolute Gasteiger partial charge is 0.507 e. The van der Waals surface area contributed by atoms with Crippen LogP contribution in [0.25, 0.3) is 0 Å². The third-order valence-electron chi connectivity index (χ3n) is 7.44. The summed E-state index contributed by atoms with van der Waals surface area (Å²) in [6.07, 6.45) is 0.118. The van der Waals surface area contributed by atoms with E-state index in [0.29, 0.717) is 17.7 Å². The molecule has 2 unspecified atom stereocenters. The lowest BCUT2D eigenvalue weighted by molar-refractivity contribution is -0.181. The number of amides is 1. The molecule has 2 saturated carbocycles. The Balaban J connectivity index is 1.87. The summed E-state index contributed by atoms with van der Waals surface area (Å²) in [6, 6.07) is 0.206. The van der Waals surface area contributed by atoms with Gasteiger partial charge in [0.25, 0.3) is 0 Å². The highest BCUT2D eigenvalue weighted by Gasteiger charge is 2.69. The van der Waals surface area contributed by atoms with E-state index in [1.54, 1.807) is 7.05 Å². The fourth-order valence-corrected chi connectivity index (χ4v) is 6.32. The number of benzene rings is 1. The van der Waals surface area contributed by atoms with Gasteiger partial charge in [0, 0.05) is 17.5 Å². The van der Waals surface area contributed by atoms with Crippen LogP contribution in [0.5, 0.6) is 5.75 Å². The van der Waals surface area contributed by atoms with Crippen LogP contribution in [-0.2, 0) is 32.1 Å². The van der Waals surface area contributed by atoms with E-state index in [2.05, 4.69) is 5.32 Å². The molecule has 1 aromatic carbocycles. The number of phenols is 1. The number of nitrogens with one attached hydrogen (secondary N) is 1. The van der Waals surface area contributed by atoms with Gasteiger partial charge in [-0.1, -0.05) is 11.6 Å². The third-order valence-corrected chi connectivity index (χ3v) is 7.91. The number of nitrogens with zero attached hydrogens (tertiary/aromatic N) is 1. The number of hydrogen-bond acceptors (Lipinski definition) is 9. The lowest BCUT2D eigenvalue weighted by Crippen LogP contribution is -2.74. The molecular weight excluding hydrogens is 466 g/mol. The van der Waals surface area contributed by atoms with E-state index >= 15 is 0 Å². The Morgan fingerprint density at radius 1 is 1.26 bits per heavy atom. The number of phenolic OH excluding ortho intramolecular Hbond substituents is 1. The van der Waals surface area contributed by atoms with Crippen LogP contribution in [0, 0.1) is 23.7 Å². The van der Waals surface area contributed by atoms with E-state index in [9.17, 15) is 34.2 Å². The van der Waals surface area contributed by atoms with Crippen LogP contribution < -0.4 is 11.1 Å². The first kappa shape index (κ1) is 24.5. The smallest absolute Gasteiger partial charge is 0.235 e. The van der Waals surface area contributed by atoms with E-state index in [1.165, 1.54) is 25.1 Å². The summed E-state index contributed by atoms with van der Waals surface area (Å²) >= 11 is 6.55. The summed E-state index contributed by atoms with van der Waals surface area (Å²) in [6.45, 7) is 0.337. The highest BCUT2D eigenvalue weighted by atomic mass is 35.5. The number of aromatic hydroxyl groups is 1. The van der Waals surface area contributed by atoms with Crippen molar-refractivity contribution in [2.75, 3.05) is 21.1 Å². The molecule has 3 aliphatic carbocycles. The number of ketones is 4. The van der Waals surface area contributed by atoms with Crippen LogP contribution in [-0.4, -0.2) is 76.9 Å². The summed E-state index contributed by atoms with van der Waals surface area (Å²) in [5.41, 5.74) is 3.41. The Morgan fingerprint density at radius 2 is 1.91 bits per heavy atom. The van der Waals surface area contributed by atoms with Gasteiger partial charge in [-0.15, -0.1) is 0 Å². The lowest BCUT2D eigenvalue weighted by atomic mass is 9.52. The van der Waals surface area contributed by atoms with Crippen LogP contribution in [0.2, 0.25) is 5.02 Å². The second kappa shape index (κ2) is 8.23. The molecular formula is C23H26ClN3O7. The van der Waals surface area contributed by atoms with Crippen LogP contribution in [0.3, 0.4) is 0 Å². The number of aliphatic hydroxyl groups is 1. The Hall–Kier alpha value is -2.66. The average molecular weight is 492 g/mol. The van der Waals surface area contributed by atoms with Crippen molar-refractivity contribution in [1.29, 1.82) is 0 Å². The molecule has 6 atom stereocenters. The van der Waals surface area contributed by atoms with E-state index < -0.39 is 64.4 Å². The van der Waals surface area contributed by atoms with E-state index in [0.717, 1.165) is 0 Å². The van der Waals surface area contributed by atoms with Gasteiger partial charge in [-0.05, 0) is 57.1 Å². The summed E-state index contributed by atoms with van der Waals surface area (Å²) < 4.78 is 0. The number of carbonyl (C=O) groups is 5. The number of carbonyl (C=O) groups excluding carboxylic acids is 5. The van der Waals surface area contributed by atoms with Gasteiger partial charge in [-0.3, -0.25) is 28.9 Å². The zero-order valence-corrected chi connectivity index (χ0v) is 19.7. The number of hydrogen-bond donors (Lipinski definition) is 4. The minimum atomic E-state index is -2.73. The SMILES string of the molecule is CNCc1cc(O)c2c(c1Cl)C[C@H]1C[C@H]3[C@H](N(C)C)C(=O)C(C(N)=O)C(=O)[C@@]3(O)C(=O)C1C2=O. The third kappa shape index (κ3) is 3.16. The molecule has 3 aliphatic rings. The molecule has 4 rings (SSSR count). The Kier molecular flexibility index (Phi) is 5.92. The van der Waals surface area contributed by atoms with Crippen molar-refractivity contribution in [2.45, 2.75) is 31.0 Å². The van der Waals surface area contributed by atoms with Gasteiger partial charge in [-0.25, -0.2) is 0 Å². The van der Waals surface area contributed by atoms with E-state index in [4.69, 9.17) is 17.3 Å². The lowest BCUT2D eigenvalue weighted by Gasteiger charge is -2.52. The van der Waals surface area contributed by atoms with Gasteiger partial charge < -0.3 is 21.3 Å². The highest BCUT2D eigenvalue weighted by Crippen LogP contribution is 2.51. The van der Waals surface area contributed by atoms with Crippen molar-refractivity contribution in [3.63, 3.8) is 0 Å². The fraction of sp³-hybridized carbons (Fsp3) is 0.522. The van der Waals surface area contributed by atoms with Gasteiger partial charge in [0.2, 0.25) is 5.91 Å². The quantitative estimate of drug-likeness (QED) is 0.396. The Morgan fingerprint density at radius 3 is 2.47 bits per heavy atom. The number of halogens is 1. The first-order valence-corrected chi connectivity index (χ1v) is 11.3. The monoisotopic (exact) mass is 491 g/mol. The average Bonchev–Trinajstić information content (AvgIpc) is 2.73. The maximum atomic E-state index is 13.7. The molecule has 182 valence electrons. The van der Waals surface area contributed by atoms with Crippen LogP contribution in [0.1, 0.15) is 27.9 Å². The number of nitrogens with two attached hydrogens (primary N) is 1. The van der Waals surface area contributed by atoms with E-state index in [-0.39, 0.29) is 29.2 Å². The molecule has 10 nitrogen and oxygen atoms in total. The Bertz CT molecular complexity index is 1150. The molecule has 0 aromatic heterocycles. The van der Waals surface area contributed by atoms with Crippen molar-refractivity contribution < 1.29 is 34.2 Å². The normalized spacial score (nSPS) is 32.9. The molecule has 0 radical (unpaired) electrons. The zero-order chi connectivity index (χ0) is 25.3. The predicted octanol–water partition coefficient (Wildman–Crippen LogP) is -0.760. The first-order valence-electron chi connectivity index (χ1n) is 10.9. The second-order valence-corrected chi connectivity index (χ2v) is 9.92. The zero-order valence-electron chi connectivity index (χ0n) is 18.9. The fourth-order valence-electron chi connectivity index (χ4n) is 6.03. The molecule has 0 saturated heterocycles. The molecule has 1 aromatic rings. The van der Waals surface area contributed by atoms with Gasteiger partial charge in [-0.2, -0.15) is 0 Å². The Labute approximate surface area is 200 Å². The minimum Gasteiger partial charge on any atom is -0.507 e. The number of primary amides is 1. The maximum absolute atomic E-state index is 13.7. The molecule has 0 bridgehead atoms. The molecule has 2 fully saturated rings. The van der Waals surface area contributed by atoms with Gasteiger partial charge in [0.05, 0.1) is 17.5 Å².